The molecule has 0 radical (unpaired) electrons. The largest absolute Gasteiger partial charge is 0.495 e. The summed E-state index contributed by atoms with van der Waals surface area (Å²) in [5.41, 5.74) is 0.700. The Labute approximate surface area is 119 Å². The van der Waals surface area contributed by atoms with Crippen molar-refractivity contribution < 1.29 is 9.53 Å². The van der Waals surface area contributed by atoms with Crippen LogP contribution < -0.4 is 10.1 Å². The minimum atomic E-state index is -0.0399. The summed E-state index contributed by atoms with van der Waals surface area (Å²) in [5.74, 6) is 0.638. The molecule has 1 rings (SSSR count). The van der Waals surface area contributed by atoms with E-state index < -0.39 is 0 Å². The van der Waals surface area contributed by atoms with Crippen LogP contribution in [0.1, 0.15) is 6.42 Å². The molecule has 1 aromatic carbocycles. The van der Waals surface area contributed by atoms with Gasteiger partial charge in [-0.1, -0.05) is 15.9 Å². The summed E-state index contributed by atoms with van der Waals surface area (Å²) in [6, 6.07) is 3.60. The third-order valence-electron chi connectivity index (χ3n) is 1.84. The first-order valence-electron chi connectivity index (χ1n) is 4.47. The first kappa shape index (κ1) is 14.0. The number of carbonyl (C=O) groups is 1. The van der Waals surface area contributed by atoms with Crippen molar-refractivity contribution in [2.45, 2.75) is 6.42 Å². The van der Waals surface area contributed by atoms with E-state index in [0.717, 1.165) is 8.95 Å². The molecule has 0 atom stereocenters. The molecular weight excluding hydrogens is 406 g/mol. The number of ether oxygens (including phenoxy) is 1. The van der Waals surface area contributed by atoms with E-state index in [0.29, 0.717) is 23.2 Å². The monoisotopic (exact) mass is 413 g/mol. The number of hydrogen-bond acceptors (Lipinski definition) is 2. The number of rotatable bonds is 4. The van der Waals surface area contributed by atoms with E-state index in [1.165, 1.54) is 0 Å². The molecule has 88 valence electrons. The molecule has 0 saturated carbocycles. The van der Waals surface area contributed by atoms with E-state index in [1.807, 2.05) is 6.07 Å². The lowest BCUT2D eigenvalue weighted by atomic mass is 10.3. The third kappa shape index (κ3) is 3.75. The van der Waals surface area contributed by atoms with Gasteiger partial charge in [0, 0.05) is 22.3 Å². The number of benzene rings is 1. The van der Waals surface area contributed by atoms with Crippen LogP contribution in [0.15, 0.2) is 21.1 Å². The second kappa shape index (κ2) is 6.61. The molecule has 0 aliphatic heterocycles. The molecular formula is C10H10Br3NO2. The van der Waals surface area contributed by atoms with Crippen LogP contribution in [-0.2, 0) is 4.79 Å². The highest BCUT2D eigenvalue weighted by atomic mass is 79.9. The van der Waals surface area contributed by atoms with Crippen LogP contribution in [0.4, 0.5) is 5.69 Å². The lowest BCUT2D eigenvalue weighted by Crippen LogP contribution is -2.12. The first-order valence-corrected chi connectivity index (χ1v) is 7.18. The van der Waals surface area contributed by atoms with Gasteiger partial charge in [-0.3, -0.25) is 4.79 Å². The molecule has 3 nitrogen and oxygen atoms in total. The van der Waals surface area contributed by atoms with Crippen molar-refractivity contribution >= 4 is 59.4 Å². The predicted octanol–water partition coefficient (Wildman–Crippen LogP) is 3.94. The van der Waals surface area contributed by atoms with Crippen LogP contribution in [0.25, 0.3) is 0 Å². The average molecular weight is 416 g/mol. The molecule has 1 aromatic rings. The second-order valence-electron chi connectivity index (χ2n) is 2.95. The van der Waals surface area contributed by atoms with Crippen LogP contribution in [0.3, 0.4) is 0 Å². The Bertz CT molecular complexity index is 396. The maximum atomic E-state index is 11.4. The summed E-state index contributed by atoms with van der Waals surface area (Å²) in [6.07, 6.45) is 0.435. The van der Waals surface area contributed by atoms with Crippen LogP contribution >= 0.6 is 47.8 Å². The Balaban J connectivity index is 2.91. The fourth-order valence-corrected chi connectivity index (χ4v) is 2.69. The van der Waals surface area contributed by atoms with Gasteiger partial charge in [0.1, 0.15) is 5.75 Å². The number of nitrogens with one attached hydrogen (secondary N) is 1. The van der Waals surface area contributed by atoms with Gasteiger partial charge < -0.3 is 10.1 Å². The fourth-order valence-electron chi connectivity index (χ4n) is 1.08. The number of amides is 1. The van der Waals surface area contributed by atoms with Crippen molar-refractivity contribution in [3.63, 3.8) is 0 Å². The SMILES string of the molecule is COc1cc(NC(=O)CCBr)c(Br)cc1Br. The van der Waals surface area contributed by atoms with Gasteiger partial charge in [0.15, 0.2) is 0 Å². The lowest BCUT2D eigenvalue weighted by Gasteiger charge is -2.10. The Kier molecular flexibility index (Phi) is 5.78. The van der Waals surface area contributed by atoms with Gasteiger partial charge in [-0.25, -0.2) is 0 Å². The zero-order valence-corrected chi connectivity index (χ0v) is 13.3. The number of methoxy groups -OCH3 is 1. The molecule has 1 N–H and O–H groups in total. The van der Waals surface area contributed by atoms with Crippen LogP contribution in [0.2, 0.25) is 0 Å². The number of alkyl halides is 1. The van der Waals surface area contributed by atoms with Crippen molar-refractivity contribution in [1.82, 2.24) is 0 Å². The Morgan fingerprint density at radius 3 is 2.62 bits per heavy atom. The number of hydrogen-bond donors (Lipinski definition) is 1. The molecule has 0 aromatic heterocycles. The molecule has 0 aliphatic rings. The molecule has 0 saturated heterocycles. The summed E-state index contributed by atoms with van der Waals surface area (Å²) >= 11 is 9.96. The molecule has 0 unspecified atom stereocenters. The highest BCUT2D eigenvalue weighted by Gasteiger charge is 2.09. The standard InChI is InChI=1S/C10H10Br3NO2/c1-16-9-5-8(6(12)4-7(9)13)14-10(15)2-3-11/h4-5H,2-3H2,1H3,(H,14,15). The van der Waals surface area contributed by atoms with Gasteiger partial charge in [-0.15, -0.1) is 0 Å². The summed E-state index contributed by atoms with van der Waals surface area (Å²) in [7, 11) is 1.58. The third-order valence-corrected chi connectivity index (χ3v) is 3.51. The highest BCUT2D eigenvalue weighted by molar-refractivity contribution is 9.11. The average Bonchev–Trinajstić information content (AvgIpc) is 2.22. The van der Waals surface area contributed by atoms with Crippen molar-refractivity contribution in [3.05, 3.63) is 21.1 Å². The first-order chi connectivity index (χ1) is 7.58. The minimum absolute atomic E-state index is 0.0399. The van der Waals surface area contributed by atoms with E-state index in [4.69, 9.17) is 4.74 Å². The van der Waals surface area contributed by atoms with Crippen LogP contribution in [0, 0.1) is 0 Å². The zero-order chi connectivity index (χ0) is 12.1. The highest BCUT2D eigenvalue weighted by Crippen LogP contribution is 2.34. The molecule has 0 spiro atoms. The molecule has 0 fully saturated rings. The molecule has 16 heavy (non-hydrogen) atoms. The Hall–Kier alpha value is -0.0700. The van der Waals surface area contributed by atoms with Gasteiger partial charge >= 0.3 is 0 Å². The zero-order valence-electron chi connectivity index (χ0n) is 8.52. The van der Waals surface area contributed by atoms with Gasteiger partial charge in [0.2, 0.25) is 5.91 Å². The summed E-state index contributed by atoms with van der Waals surface area (Å²) in [6.45, 7) is 0. The number of halogens is 3. The number of anilines is 1. The van der Waals surface area contributed by atoms with Crippen LogP contribution in [-0.4, -0.2) is 18.3 Å². The fraction of sp³-hybridized carbons (Fsp3) is 0.300. The van der Waals surface area contributed by atoms with E-state index in [1.54, 1.807) is 13.2 Å². The molecule has 0 aliphatic carbocycles. The molecule has 0 bridgehead atoms. The normalized spacial score (nSPS) is 10.0. The van der Waals surface area contributed by atoms with Crippen molar-refractivity contribution in [3.8, 4) is 5.75 Å². The quantitative estimate of drug-likeness (QED) is 0.756. The van der Waals surface area contributed by atoms with E-state index in [2.05, 4.69) is 53.1 Å². The van der Waals surface area contributed by atoms with E-state index in [-0.39, 0.29) is 5.91 Å². The van der Waals surface area contributed by atoms with Crippen molar-refractivity contribution in [1.29, 1.82) is 0 Å². The smallest absolute Gasteiger partial charge is 0.225 e. The summed E-state index contributed by atoms with van der Waals surface area (Å²) in [5, 5.41) is 3.44. The predicted molar refractivity (Wildman–Crippen MR) is 75.4 cm³/mol. The lowest BCUT2D eigenvalue weighted by molar-refractivity contribution is -0.115. The molecule has 1 amide bonds. The van der Waals surface area contributed by atoms with Crippen molar-refractivity contribution in [2.75, 3.05) is 17.8 Å². The van der Waals surface area contributed by atoms with Crippen LogP contribution in [0.5, 0.6) is 5.75 Å². The minimum Gasteiger partial charge on any atom is -0.495 e. The van der Waals surface area contributed by atoms with E-state index in [9.17, 15) is 4.79 Å². The molecule has 0 heterocycles. The van der Waals surface area contributed by atoms with Gasteiger partial charge in [-0.05, 0) is 37.9 Å². The van der Waals surface area contributed by atoms with Gasteiger partial charge in [0.05, 0.1) is 17.3 Å². The summed E-state index contributed by atoms with van der Waals surface area (Å²) < 4.78 is 6.80. The van der Waals surface area contributed by atoms with Crippen molar-refractivity contribution in [2.24, 2.45) is 0 Å². The maximum absolute atomic E-state index is 11.4. The van der Waals surface area contributed by atoms with E-state index >= 15 is 0 Å². The Morgan fingerprint density at radius 1 is 1.38 bits per heavy atom. The molecule has 6 heteroatoms. The number of carbonyl (C=O) groups excluding carboxylic acids is 1. The Morgan fingerprint density at radius 2 is 2.06 bits per heavy atom. The maximum Gasteiger partial charge on any atom is 0.225 e. The second-order valence-corrected chi connectivity index (χ2v) is 5.46. The summed E-state index contributed by atoms with van der Waals surface area (Å²) in [4.78, 5) is 11.4. The van der Waals surface area contributed by atoms with Gasteiger partial charge in [-0.2, -0.15) is 0 Å². The topological polar surface area (TPSA) is 38.3 Å². The van der Waals surface area contributed by atoms with Gasteiger partial charge in [0.25, 0.3) is 0 Å².